The van der Waals surface area contributed by atoms with E-state index < -0.39 is 10.0 Å². The SMILES string of the molecule is COc1cc(C)c(S(=O)(=O)N2CCC(=O)CC2)cc1C. The van der Waals surface area contributed by atoms with Crippen LogP contribution in [0.1, 0.15) is 24.0 Å². The number of benzene rings is 1. The van der Waals surface area contributed by atoms with Crippen LogP contribution in [0.2, 0.25) is 0 Å². The van der Waals surface area contributed by atoms with Crippen LogP contribution in [0.15, 0.2) is 17.0 Å². The summed E-state index contributed by atoms with van der Waals surface area (Å²) in [5.74, 6) is 0.800. The van der Waals surface area contributed by atoms with E-state index in [1.807, 2.05) is 6.92 Å². The van der Waals surface area contributed by atoms with Crippen molar-refractivity contribution in [1.29, 1.82) is 0 Å². The molecule has 1 aromatic rings. The number of methoxy groups -OCH3 is 1. The molecule has 0 amide bonds. The van der Waals surface area contributed by atoms with Crippen LogP contribution in [0.3, 0.4) is 0 Å². The number of ether oxygens (including phenoxy) is 1. The quantitative estimate of drug-likeness (QED) is 0.851. The summed E-state index contributed by atoms with van der Waals surface area (Å²) in [6.45, 7) is 4.11. The third kappa shape index (κ3) is 2.71. The summed E-state index contributed by atoms with van der Waals surface area (Å²) in [7, 11) is -1.98. The number of piperidine rings is 1. The molecule has 1 heterocycles. The number of Topliss-reactive ketones (excluding diaryl/α,β-unsaturated/α-hetero) is 1. The molecule has 0 unspecified atom stereocenters. The Balaban J connectivity index is 2.39. The van der Waals surface area contributed by atoms with Crippen molar-refractivity contribution in [2.75, 3.05) is 20.2 Å². The zero-order valence-corrected chi connectivity index (χ0v) is 12.8. The summed E-state index contributed by atoms with van der Waals surface area (Å²) < 4.78 is 31.9. The molecule has 5 nitrogen and oxygen atoms in total. The monoisotopic (exact) mass is 297 g/mol. The normalized spacial score (nSPS) is 17.2. The maximum absolute atomic E-state index is 12.6. The number of ketones is 1. The fraction of sp³-hybridized carbons (Fsp3) is 0.500. The molecular formula is C14H19NO4S. The Morgan fingerprint density at radius 1 is 1.10 bits per heavy atom. The van der Waals surface area contributed by atoms with Gasteiger partial charge in [-0.3, -0.25) is 4.79 Å². The average molecular weight is 297 g/mol. The molecule has 0 radical (unpaired) electrons. The van der Waals surface area contributed by atoms with E-state index in [1.54, 1.807) is 26.2 Å². The van der Waals surface area contributed by atoms with E-state index in [2.05, 4.69) is 0 Å². The zero-order valence-electron chi connectivity index (χ0n) is 12.0. The highest BCUT2D eigenvalue weighted by Crippen LogP contribution is 2.28. The minimum Gasteiger partial charge on any atom is -0.496 e. The van der Waals surface area contributed by atoms with Gasteiger partial charge >= 0.3 is 0 Å². The van der Waals surface area contributed by atoms with Crippen molar-refractivity contribution in [1.82, 2.24) is 4.31 Å². The molecule has 0 saturated carbocycles. The van der Waals surface area contributed by atoms with E-state index in [0.29, 0.717) is 29.1 Å². The Kier molecular flexibility index (Phi) is 4.15. The molecule has 6 heteroatoms. The molecule has 0 atom stereocenters. The number of aryl methyl sites for hydroxylation is 2. The lowest BCUT2D eigenvalue weighted by Crippen LogP contribution is -2.38. The topological polar surface area (TPSA) is 63.7 Å². The molecule has 1 fully saturated rings. The standard InChI is InChI=1S/C14H19NO4S/c1-10-9-14(11(2)8-13(10)19-3)20(17,18)15-6-4-12(16)5-7-15/h8-9H,4-7H2,1-3H3. The van der Waals surface area contributed by atoms with Crippen molar-refractivity contribution >= 4 is 15.8 Å². The first-order valence-electron chi connectivity index (χ1n) is 6.53. The molecule has 1 saturated heterocycles. The summed E-state index contributed by atoms with van der Waals surface area (Å²) >= 11 is 0. The summed E-state index contributed by atoms with van der Waals surface area (Å²) in [6, 6.07) is 3.37. The highest BCUT2D eigenvalue weighted by molar-refractivity contribution is 7.89. The predicted octanol–water partition coefficient (Wildman–Crippen LogP) is 1.67. The Labute approximate surface area is 119 Å². The summed E-state index contributed by atoms with van der Waals surface area (Å²) in [4.78, 5) is 11.5. The van der Waals surface area contributed by atoms with Gasteiger partial charge in [-0.2, -0.15) is 4.31 Å². The largest absolute Gasteiger partial charge is 0.496 e. The maximum atomic E-state index is 12.6. The second-order valence-electron chi connectivity index (χ2n) is 5.03. The van der Waals surface area contributed by atoms with Crippen LogP contribution in [0.4, 0.5) is 0 Å². The summed E-state index contributed by atoms with van der Waals surface area (Å²) in [6.07, 6.45) is 0.598. The second-order valence-corrected chi connectivity index (χ2v) is 6.94. The number of rotatable bonds is 3. The highest BCUT2D eigenvalue weighted by atomic mass is 32.2. The molecule has 0 aliphatic carbocycles. The Bertz CT molecular complexity index is 627. The van der Waals surface area contributed by atoms with Crippen LogP contribution in [0, 0.1) is 13.8 Å². The van der Waals surface area contributed by atoms with E-state index in [9.17, 15) is 13.2 Å². The first-order valence-corrected chi connectivity index (χ1v) is 7.97. The first-order chi connectivity index (χ1) is 9.36. The lowest BCUT2D eigenvalue weighted by Gasteiger charge is -2.26. The lowest BCUT2D eigenvalue weighted by atomic mass is 10.1. The van der Waals surface area contributed by atoms with Gasteiger partial charge in [0.1, 0.15) is 11.5 Å². The molecule has 0 N–H and O–H groups in total. The number of hydrogen-bond acceptors (Lipinski definition) is 4. The first kappa shape index (κ1) is 15.0. The van der Waals surface area contributed by atoms with Crippen LogP contribution in [-0.4, -0.2) is 38.7 Å². The molecule has 20 heavy (non-hydrogen) atoms. The van der Waals surface area contributed by atoms with Gasteiger partial charge in [-0.1, -0.05) is 0 Å². The van der Waals surface area contributed by atoms with Crippen molar-refractivity contribution in [2.45, 2.75) is 31.6 Å². The molecule has 0 bridgehead atoms. The second kappa shape index (κ2) is 5.54. The number of carbonyl (C=O) groups is 1. The Morgan fingerprint density at radius 3 is 2.25 bits per heavy atom. The molecule has 0 spiro atoms. The van der Waals surface area contributed by atoms with Crippen molar-refractivity contribution in [3.05, 3.63) is 23.3 Å². The van der Waals surface area contributed by atoms with Gasteiger partial charge in [0.15, 0.2) is 0 Å². The van der Waals surface area contributed by atoms with Gasteiger partial charge in [0.25, 0.3) is 0 Å². The van der Waals surface area contributed by atoms with E-state index in [-0.39, 0.29) is 18.9 Å². The van der Waals surface area contributed by atoms with Crippen LogP contribution in [-0.2, 0) is 14.8 Å². The van der Waals surface area contributed by atoms with Crippen molar-refractivity contribution < 1.29 is 17.9 Å². The minimum atomic E-state index is -3.54. The maximum Gasteiger partial charge on any atom is 0.243 e. The third-order valence-corrected chi connectivity index (χ3v) is 5.63. The van der Waals surface area contributed by atoms with Crippen LogP contribution >= 0.6 is 0 Å². The number of hydrogen-bond donors (Lipinski definition) is 0. The molecule has 0 aromatic heterocycles. The molecule has 1 aliphatic heterocycles. The zero-order chi connectivity index (χ0) is 14.9. The highest BCUT2D eigenvalue weighted by Gasteiger charge is 2.30. The van der Waals surface area contributed by atoms with Crippen molar-refractivity contribution in [2.24, 2.45) is 0 Å². The fourth-order valence-corrected chi connectivity index (χ4v) is 4.11. The summed E-state index contributed by atoms with van der Waals surface area (Å²) in [5.41, 5.74) is 1.44. The number of carbonyl (C=O) groups excluding carboxylic acids is 1. The summed E-state index contributed by atoms with van der Waals surface area (Å²) in [5, 5.41) is 0. The lowest BCUT2D eigenvalue weighted by molar-refractivity contribution is -0.120. The van der Waals surface area contributed by atoms with Crippen molar-refractivity contribution in [3.8, 4) is 5.75 Å². The Hall–Kier alpha value is -1.40. The predicted molar refractivity (Wildman–Crippen MR) is 75.5 cm³/mol. The Morgan fingerprint density at radius 2 is 1.70 bits per heavy atom. The van der Waals surface area contributed by atoms with Gasteiger partial charge in [-0.25, -0.2) is 8.42 Å². The molecular weight excluding hydrogens is 278 g/mol. The van der Waals surface area contributed by atoms with E-state index in [4.69, 9.17) is 4.74 Å². The fourth-order valence-electron chi connectivity index (χ4n) is 2.38. The van der Waals surface area contributed by atoms with Crippen LogP contribution < -0.4 is 4.74 Å². The molecule has 1 aliphatic rings. The smallest absolute Gasteiger partial charge is 0.243 e. The van der Waals surface area contributed by atoms with Gasteiger partial charge in [0.05, 0.1) is 12.0 Å². The molecule has 2 rings (SSSR count). The van der Waals surface area contributed by atoms with Gasteiger partial charge < -0.3 is 4.74 Å². The average Bonchev–Trinajstić information content (AvgIpc) is 2.41. The van der Waals surface area contributed by atoms with Gasteiger partial charge in [-0.05, 0) is 37.1 Å². The molecule has 110 valence electrons. The van der Waals surface area contributed by atoms with E-state index in [1.165, 1.54) is 4.31 Å². The molecule has 1 aromatic carbocycles. The van der Waals surface area contributed by atoms with E-state index in [0.717, 1.165) is 5.56 Å². The number of nitrogens with zero attached hydrogens (tertiary/aromatic N) is 1. The van der Waals surface area contributed by atoms with Crippen molar-refractivity contribution in [3.63, 3.8) is 0 Å². The van der Waals surface area contributed by atoms with Gasteiger partial charge in [0, 0.05) is 25.9 Å². The van der Waals surface area contributed by atoms with Gasteiger partial charge in [-0.15, -0.1) is 0 Å². The third-order valence-electron chi connectivity index (χ3n) is 3.59. The van der Waals surface area contributed by atoms with Gasteiger partial charge in [0.2, 0.25) is 10.0 Å². The van der Waals surface area contributed by atoms with Crippen LogP contribution in [0.25, 0.3) is 0 Å². The minimum absolute atomic E-state index is 0.124. The number of sulfonamides is 1. The van der Waals surface area contributed by atoms with E-state index >= 15 is 0 Å². The van der Waals surface area contributed by atoms with Crippen LogP contribution in [0.5, 0.6) is 5.75 Å².